The molecule has 6 heteroatoms. The summed E-state index contributed by atoms with van der Waals surface area (Å²) in [6.07, 6.45) is 5.82. The highest BCUT2D eigenvalue weighted by Crippen LogP contribution is 2.51. The van der Waals surface area contributed by atoms with E-state index in [0.29, 0.717) is 21.5 Å². The number of nitrogens with zero attached hydrogens (tertiary/aromatic N) is 1. The normalized spacial score (nSPS) is 12.0. The first-order valence-corrected chi connectivity index (χ1v) is 10.4. The van der Waals surface area contributed by atoms with Crippen molar-refractivity contribution in [2.75, 3.05) is 19.5 Å². The summed E-state index contributed by atoms with van der Waals surface area (Å²) in [6, 6.07) is 15.4. The maximum absolute atomic E-state index is 6.14. The Labute approximate surface area is 190 Å². The number of anilines is 1. The van der Waals surface area contributed by atoms with Crippen molar-refractivity contribution in [2.45, 2.75) is 0 Å². The number of nitrogens with one attached hydrogen (secondary N) is 1. The van der Waals surface area contributed by atoms with Crippen molar-refractivity contribution >= 4 is 45.9 Å². The lowest BCUT2D eigenvalue weighted by atomic mass is 9.90. The fraction of sp³-hybridized carbons (Fsp3) is 0.0800. The topological polar surface area (TPSA) is 43.4 Å². The Balaban J connectivity index is 1.90. The molecule has 5 rings (SSSR count). The minimum absolute atomic E-state index is 0.590. The van der Waals surface area contributed by atoms with Gasteiger partial charge in [0.2, 0.25) is 0 Å². The van der Waals surface area contributed by atoms with Crippen LogP contribution in [0.1, 0.15) is 5.56 Å². The number of aromatic nitrogens is 1. The highest BCUT2D eigenvalue weighted by Gasteiger charge is 2.26. The molecule has 4 nitrogen and oxygen atoms in total. The molecule has 0 aliphatic carbocycles. The largest absolute Gasteiger partial charge is 0.492 e. The highest BCUT2D eigenvalue weighted by atomic mass is 35.5. The number of hydrogen-bond acceptors (Lipinski definition) is 4. The van der Waals surface area contributed by atoms with Crippen LogP contribution in [0, 0.1) is 0 Å². The third kappa shape index (κ3) is 3.19. The number of hydrogen-bond donors (Lipinski definition) is 1. The van der Waals surface area contributed by atoms with Crippen LogP contribution in [0.2, 0.25) is 10.0 Å². The van der Waals surface area contributed by atoms with E-state index in [1.165, 1.54) is 0 Å². The van der Waals surface area contributed by atoms with Gasteiger partial charge in [0.25, 0.3) is 0 Å². The summed E-state index contributed by atoms with van der Waals surface area (Å²) < 4.78 is 11.6. The highest BCUT2D eigenvalue weighted by molar-refractivity contribution is 6.31. The van der Waals surface area contributed by atoms with Crippen LogP contribution >= 0.6 is 23.2 Å². The van der Waals surface area contributed by atoms with Crippen molar-refractivity contribution < 1.29 is 9.47 Å². The van der Waals surface area contributed by atoms with E-state index in [9.17, 15) is 0 Å². The number of benzene rings is 3. The van der Waals surface area contributed by atoms with Gasteiger partial charge in [-0.2, -0.15) is 0 Å². The minimum atomic E-state index is 0.590. The van der Waals surface area contributed by atoms with Gasteiger partial charge in [-0.15, -0.1) is 0 Å². The zero-order valence-corrected chi connectivity index (χ0v) is 18.4. The Morgan fingerprint density at radius 2 is 1.42 bits per heavy atom. The molecule has 0 saturated carbocycles. The zero-order valence-electron chi connectivity index (χ0n) is 16.9. The number of rotatable bonds is 4. The Kier molecular flexibility index (Phi) is 4.97. The lowest BCUT2D eigenvalue weighted by Crippen LogP contribution is -2.05. The molecule has 1 aliphatic heterocycles. The summed E-state index contributed by atoms with van der Waals surface area (Å²) in [7, 11) is 3.27. The van der Waals surface area contributed by atoms with Crippen LogP contribution in [0.3, 0.4) is 0 Å². The smallest absolute Gasteiger partial charge is 0.187 e. The fourth-order valence-corrected chi connectivity index (χ4v) is 4.33. The second-order valence-corrected chi connectivity index (χ2v) is 7.99. The Morgan fingerprint density at radius 1 is 0.806 bits per heavy atom. The maximum atomic E-state index is 6.14. The van der Waals surface area contributed by atoms with E-state index in [4.69, 9.17) is 37.7 Å². The van der Waals surface area contributed by atoms with E-state index >= 15 is 0 Å². The van der Waals surface area contributed by atoms with Gasteiger partial charge in [0.15, 0.2) is 11.5 Å². The van der Waals surface area contributed by atoms with Gasteiger partial charge in [0, 0.05) is 39.0 Å². The van der Waals surface area contributed by atoms with E-state index in [2.05, 4.69) is 5.32 Å². The van der Waals surface area contributed by atoms with Gasteiger partial charge in [-0.1, -0.05) is 47.5 Å². The predicted octanol–water partition coefficient (Wildman–Crippen LogP) is 7.29. The monoisotopic (exact) mass is 448 g/mol. The van der Waals surface area contributed by atoms with Gasteiger partial charge in [-0.05, 0) is 47.0 Å². The molecule has 1 aromatic heterocycles. The van der Waals surface area contributed by atoms with Crippen LogP contribution in [0.25, 0.3) is 39.2 Å². The van der Waals surface area contributed by atoms with Gasteiger partial charge in [0.1, 0.15) is 5.52 Å². The van der Waals surface area contributed by atoms with Crippen molar-refractivity contribution in [3.8, 4) is 33.8 Å². The van der Waals surface area contributed by atoms with Gasteiger partial charge >= 0.3 is 0 Å². The average molecular weight is 449 g/mol. The summed E-state index contributed by atoms with van der Waals surface area (Å²) >= 11 is 12.2. The van der Waals surface area contributed by atoms with Crippen molar-refractivity contribution in [1.29, 1.82) is 0 Å². The van der Waals surface area contributed by atoms with Crippen molar-refractivity contribution in [2.24, 2.45) is 0 Å². The second kappa shape index (κ2) is 7.80. The Morgan fingerprint density at radius 3 is 2.03 bits per heavy atom. The standard InChI is InChI=1S/C25H18Cl2N2O2/c1-30-24-20(15-5-9-17(27)10-6-15)18-11-12-28-22-19(14-3-7-16(26)8-4-14)13-29-23(21(18)22)25(24)31-2/h3-13,28H,1-2H3. The molecule has 1 N–H and O–H groups in total. The molecular formula is C25H18Cl2N2O2. The van der Waals surface area contributed by atoms with Crippen LogP contribution in [-0.2, 0) is 0 Å². The molecule has 0 fully saturated rings. The van der Waals surface area contributed by atoms with Crippen LogP contribution in [0.15, 0.2) is 60.9 Å². The van der Waals surface area contributed by atoms with Crippen LogP contribution in [-0.4, -0.2) is 19.2 Å². The summed E-state index contributed by atoms with van der Waals surface area (Å²) in [5.41, 5.74) is 6.60. The third-order valence-electron chi connectivity index (χ3n) is 5.44. The van der Waals surface area contributed by atoms with Crippen molar-refractivity contribution in [3.63, 3.8) is 0 Å². The van der Waals surface area contributed by atoms with E-state index in [1.807, 2.05) is 67.0 Å². The summed E-state index contributed by atoms with van der Waals surface area (Å²) in [4.78, 5) is 4.78. The first-order chi connectivity index (χ1) is 15.1. The van der Waals surface area contributed by atoms with Gasteiger partial charge in [0.05, 0.1) is 19.9 Å². The average Bonchev–Trinajstić information content (AvgIpc) is 2.80. The van der Waals surface area contributed by atoms with Crippen LogP contribution in [0.4, 0.5) is 5.69 Å². The molecule has 0 unspecified atom stereocenters. The van der Waals surface area contributed by atoms with Crippen molar-refractivity contribution in [3.05, 3.63) is 76.5 Å². The molecule has 0 spiro atoms. The summed E-state index contributed by atoms with van der Waals surface area (Å²) in [5.74, 6) is 1.23. The number of pyridine rings is 1. The molecule has 1 aliphatic rings. The molecule has 0 bridgehead atoms. The van der Waals surface area contributed by atoms with Crippen LogP contribution < -0.4 is 14.8 Å². The molecule has 31 heavy (non-hydrogen) atoms. The van der Waals surface area contributed by atoms with Gasteiger partial charge in [-0.25, -0.2) is 0 Å². The summed E-state index contributed by atoms with van der Waals surface area (Å²) in [6.45, 7) is 0. The predicted molar refractivity (Wildman–Crippen MR) is 128 cm³/mol. The minimum Gasteiger partial charge on any atom is -0.492 e. The molecule has 4 aromatic rings. The molecule has 0 amide bonds. The quantitative estimate of drug-likeness (QED) is 0.355. The fourth-order valence-electron chi connectivity index (χ4n) is 4.07. The van der Waals surface area contributed by atoms with E-state index < -0.39 is 0 Å². The number of halogens is 2. The first kappa shape index (κ1) is 19.7. The first-order valence-electron chi connectivity index (χ1n) is 9.68. The lowest BCUT2D eigenvalue weighted by molar-refractivity contribution is 0.359. The Hall–Kier alpha value is -3.21. The number of ether oxygens (including phenoxy) is 2. The lowest BCUT2D eigenvalue weighted by Gasteiger charge is -2.24. The number of methoxy groups -OCH3 is 2. The second-order valence-electron chi connectivity index (χ2n) is 7.12. The van der Waals surface area contributed by atoms with Gasteiger partial charge in [-0.3, -0.25) is 4.98 Å². The third-order valence-corrected chi connectivity index (χ3v) is 5.94. The maximum Gasteiger partial charge on any atom is 0.187 e. The van der Waals surface area contributed by atoms with Crippen LogP contribution in [0.5, 0.6) is 11.5 Å². The molecule has 3 aromatic carbocycles. The van der Waals surface area contributed by atoms with E-state index in [1.54, 1.807) is 14.2 Å². The van der Waals surface area contributed by atoms with Crippen molar-refractivity contribution in [1.82, 2.24) is 4.98 Å². The molecule has 0 saturated heterocycles. The zero-order chi connectivity index (χ0) is 21.5. The van der Waals surface area contributed by atoms with E-state index in [-0.39, 0.29) is 0 Å². The summed E-state index contributed by atoms with van der Waals surface area (Å²) in [5, 5.41) is 5.75. The Bertz CT molecular complexity index is 1330. The molecule has 0 atom stereocenters. The SMILES string of the molecule is COc1c(-c2ccc(Cl)cc2)c2c3c(c(-c4ccc(Cl)cc4)cnc3c1OC)NC=C2. The molecule has 2 heterocycles. The molecule has 0 radical (unpaired) electrons. The van der Waals surface area contributed by atoms with E-state index in [0.717, 1.165) is 44.4 Å². The van der Waals surface area contributed by atoms with Gasteiger partial charge < -0.3 is 14.8 Å². The molecule has 154 valence electrons. The molecular weight excluding hydrogens is 431 g/mol.